The zero-order valence-corrected chi connectivity index (χ0v) is 12.8. The van der Waals surface area contributed by atoms with Crippen LogP contribution in [-0.4, -0.2) is 34.0 Å². The van der Waals surface area contributed by atoms with Crippen molar-refractivity contribution in [3.05, 3.63) is 33.8 Å². The lowest BCUT2D eigenvalue weighted by atomic mass is 9.98. The maximum Gasteiger partial charge on any atom is 0.330 e. The average Bonchev–Trinajstić information content (AvgIpc) is 2.82. The first-order valence-corrected chi connectivity index (χ1v) is 7.80. The number of carbonyl (C=O) groups excluding carboxylic acids is 1. The van der Waals surface area contributed by atoms with Crippen molar-refractivity contribution in [3.8, 4) is 0 Å². The highest BCUT2D eigenvalue weighted by molar-refractivity contribution is 9.10. The van der Waals surface area contributed by atoms with E-state index in [1.165, 1.54) is 0 Å². The molecule has 0 spiro atoms. The minimum Gasteiger partial charge on any atom is -0.479 e. The van der Waals surface area contributed by atoms with Crippen molar-refractivity contribution in [2.75, 3.05) is 11.5 Å². The number of halogens is 1. The summed E-state index contributed by atoms with van der Waals surface area (Å²) < 4.78 is 0.838. The Morgan fingerprint density at radius 2 is 2.21 bits per heavy atom. The standard InChI is InChI=1S/C13H14BrNO3S/c1-8-9(3-2-4-10(8)14)11(16)15-13(12(17)18)5-6-19-7-13/h2-4H,5-7H2,1H3,(H,15,16)(H,17,18)/t13-/m1/s1. The van der Waals surface area contributed by atoms with Crippen LogP contribution in [0, 0.1) is 6.92 Å². The molecule has 1 atom stereocenters. The van der Waals surface area contributed by atoms with Crippen LogP contribution in [0.2, 0.25) is 0 Å². The van der Waals surface area contributed by atoms with Gasteiger partial charge in [0, 0.05) is 15.8 Å². The number of hydrogen-bond acceptors (Lipinski definition) is 3. The van der Waals surface area contributed by atoms with Gasteiger partial charge in [-0.25, -0.2) is 4.79 Å². The summed E-state index contributed by atoms with van der Waals surface area (Å²) in [5.74, 6) is -0.118. The van der Waals surface area contributed by atoms with Gasteiger partial charge in [-0.3, -0.25) is 4.79 Å². The van der Waals surface area contributed by atoms with Gasteiger partial charge >= 0.3 is 5.97 Å². The van der Waals surface area contributed by atoms with Crippen LogP contribution in [0.3, 0.4) is 0 Å². The molecule has 1 heterocycles. The molecule has 4 nitrogen and oxygen atoms in total. The van der Waals surface area contributed by atoms with E-state index in [-0.39, 0.29) is 5.91 Å². The quantitative estimate of drug-likeness (QED) is 0.884. The molecular weight excluding hydrogens is 330 g/mol. The smallest absolute Gasteiger partial charge is 0.330 e. The Bertz CT molecular complexity index is 527. The highest BCUT2D eigenvalue weighted by Crippen LogP contribution is 2.29. The summed E-state index contributed by atoms with van der Waals surface area (Å²) in [6.45, 7) is 1.83. The van der Waals surface area contributed by atoms with Crippen molar-refractivity contribution in [1.29, 1.82) is 0 Å². The summed E-state index contributed by atoms with van der Waals surface area (Å²) in [6, 6.07) is 5.32. The van der Waals surface area contributed by atoms with Gasteiger partial charge in [0.15, 0.2) is 0 Å². The molecule has 1 amide bonds. The van der Waals surface area contributed by atoms with E-state index in [0.29, 0.717) is 17.7 Å². The lowest BCUT2D eigenvalue weighted by Gasteiger charge is -2.25. The fraction of sp³-hybridized carbons (Fsp3) is 0.385. The Kier molecular flexibility index (Phi) is 4.20. The summed E-state index contributed by atoms with van der Waals surface area (Å²) in [5.41, 5.74) is 0.189. The van der Waals surface area contributed by atoms with E-state index in [0.717, 1.165) is 15.8 Å². The van der Waals surface area contributed by atoms with Crippen LogP contribution in [0.5, 0.6) is 0 Å². The third kappa shape index (κ3) is 2.79. The van der Waals surface area contributed by atoms with Gasteiger partial charge < -0.3 is 10.4 Å². The van der Waals surface area contributed by atoms with Crippen LogP contribution in [0.1, 0.15) is 22.3 Å². The van der Waals surface area contributed by atoms with Gasteiger partial charge in [0.1, 0.15) is 5.54 Å². The van der Waals surface area contributed by atoms with Gasteiger partial charge in [-0.1, -0.05) is 22.0 Å². The number of rotatable bonds is 3. The fourth-order valence-electron chi connectivity index (χ4n) is 2.02. The fourth-order valence-corrected chi connectivity index (χ4v) is 3.72. The maximum absolute atomic E-state index is 12.3. The third-order valence-corrected chi connectivity index (χ3v) is 5.34. The molecule has 0 bridgehead atoms. The molecule has 0 radical (unpaired) electrons. The largest absolute Gasteiger partial charge is 0.479 e. The monoisotopic (exact) mass is 343 g/mol. The van der Waals surface area contributed by atoms with Gasteiger partial charge in [-0.2, -0.15) is 11.8 Å². The minimum atomic E-state index is -1.13. The maximum atomic E-state index is 12.3. The normalized spacial score (nSPS) is 22.2. The Morgan fingerprint density at radius 3 is 2.79 bits per heavy atom. The molecule has 2 rings (SSSR count). The lowest BCUT2D eigenvalue weighted by molar-refractivity contribution is -0.143. The molecule has 1 aliphatic heterocycles. The number of amides is 1. The molecule has 1 aromatic rings. The van der Waals surface area contributed by atoms with E-state index in [9.17, 15) is 14.7 Å². The Balaban J connectivity index is 2.25. The molecular formula is C13H14BrNO3S. The van der Waals surface area contributed by atoms with Gasteiger partial charge in [0.05, 0.1) is 0 Å². The summed E-state index contributed by atoms with van der Waals surface area (Å²) in [6.07, 6.45) is 0.464. The number of aliphatic carboxylic acids is 1. The van der Waals surface area contributed by atoms with Gasteiger partial charge in [-0.15, -0.1) is 0 Å². The van der Waals surface area contributed by atoms with Crippen molar-refractivity contribution >= 4 is 39.6 Å². The second kappa shape index (κ2) is 5.54. The van der Waals surface area contributed by atoms with Crippen LogP contribution in [-0.2, 0) is 4.79 Å². The summed E-state index contributed by atoms with van der Waals surface area (Å²) in [5, 5.41) is 12.0. The van der Waals surface area contributed by atoms with Crippen LogP contribution in [0.4, 0.5) is 0 Å². The molecule has 2 N–H and O–H groups in total. The van der Waals surface area contributed by atoms with Crippen molar-refractivity contribution in [2.45, 2.75) is 18.9 Å². The first-order valence-electron chi connectivity index (χ1n) is 5.85. The van der Waals surface area contributed by atoms with Crippen LogP contribution >= 0.6 is 27.7 Å². The number of benzene rings is 1. The summed E-state index contributed by atoms with van der Waals surface area (Å²) in [7, 11) is 0. The number of carbonyl (C=O) groups is 2. The van der Waals surface area contributed by atoms with E-state index >= 15 is 0 Å². The lowest BCUT2D eigenvalue weighted by Crippen LogP contribution is -2.54. The van der Waals surface area contributed by atoms with Crippen LogP contribution in [0.25, 0.3) is 0 Å². The molecule has 0 aromatic heterocycles. The predicted molar refractivity (Wildman–Crippen MR) is 78.7 cm³/mol. The van der Waals surface area contributed by atoms with Gasteiger partial charge in [0.2, 0.25) is 0 Å². The number of carboxylic acids is 1. The summed E-state index contributed by atoms with van der Waals surface area (Å²) in [4.78, 5) is 23.7. The Hall–Kier alpha value is -1.01. The molecule has 0 unspecified atom stereocenters. The first-order chi connectivity index (χ1) is 8.96. The molecule has 1 saturated heterocycles. The topological polar surface area (TPSA) is 66.4 Å². The van der Waals surface area contributed by atoms with Gasteiger partial charge in [0.25, 0.3) is 5.91 Å². The van der Waals surface area contributed by atoms with Crippen molar-refractivity contribution in [1.82, 2.24) is 5.32 Å². The van der Waals surface area contributed by atoms with E-state index in [1.54, 1.807) is 23.9 Å². The summed E-state index contributed by atoms with van der Waals surface area (Å²) >= 11 is 4.92. The van der Waals surface area contributed by atoms with E-state index < -0.39 is 11.5 Å². The first kappa shape index (κ1) is 14.4. The third-order valence-electron chi connectivity index (χ3n) is 3.30. The second-order valence-electron chi connectivity index (χ2n) is 4.56. The molecule has 0 aliphatic carbocycles. The number of carboxylic acid groups (broad SMARTS) is 1. The average molecular weight is 344 g/mol. The van der Waals surface area contributed by atoms with Crippen molar-refractivity contribution in [2.24, 2.45) is 0 Å². The molecule has 1 aliphatic rings. The van der Waals surface area contributed by atoms with Crippen LogP contribution in [0.15, 0.2) is 22.7 Å². The minimum absolute atomic E-state index is 0.330. The van der Waals surface area contributed by atoms with E-state index in [1.807, 2.05) is 13.0 Å². The number of nitrogens with one attached hydrogen (secondary N) is 1. The zero-order chi connectivity index (χ0) is 14.0. The second-order valence-corrected chi connectivity index (χ2v) is 6.52. The molecule has 0 saturated carbocycles. The Labute approximate surface area is 124 Å². The SMILES string of the molecule is Cc1c(Br)cccc1C(=O)N[C@]1(C(=O)O)CCSC1. The van der Waals surface area contributed by atoms with Crippen LogP contribution < -0.4 is 5.32 Å². The predicted octanol–water partition coefficient (Wildman–Crippen LogP) is 2.45. The highest BCUT2D eigenvalue weighted by Gasteiger charge is 2.43. The number of hydrogen-bond donors (Lipinski definition) is 2. The molecule has 19 heavy (non-hydrogen) atoms. The van der Waals surface area contributed by atoms with Crippen molar-refractivity contribution in [3.63, 3.8) is 0 Å². The molecule has 1 aromatic carbocycles. The van der Waals surface area contributed by atoms with Crippen molar-refractivity contribution < 1.29 is 14.7 Å². The molecule has 102 valence electrons. The van der Waals surface area contributed by atoms with Gasteiger partial charge in [-0.05, 0) is 36.8 Å². The molecule has 6 heteroatoms. The number of thioether (sulfide) groups is 1. The Morgan fingerprint density at radius 1 is 1.47 bits per heavy atom. The highest BCUT2D eigenvalue weighted by atomic mass is 79.9. The zero-order valence-electron chi connectivity index (χ0n) is 10.4. The van der Waals surface area contributed by atoms with E-state index in [4.69, 9.17) is 0 Å². The van der Waals surface area contributed by atoms with E-state index in [2.05, 4.69) is 21.2 Å². The molecule has 1 fully saturated rings.